The lowest BCUT2D eigenvalue weighted by molar-refractivity contribution is -0.286. The van der Waals surface area contributed by atoms with Gasteiger partial charge in [-0.3, -0.25) is 9.68 Å². The number of hydrogen-bond acceptors (Lipinski definition) is 7. The van der Waals surface area contributed by atoms with E-state index < -0.39 is 18.0 Å². The number of nitrogens with zero attached hydrogens (tertiary/aromatic N) is 4. The summed E-state index contributed by atoms with van der Waals surface area (Å²) in [7, 11) is 0. The predicted molar refractivity (Wildman–Crippen MR) is 101 cm³/mol. The Hall–Kier alpha value is -2.13. The van der Waals surface area contributed by atoms with Gasteiger partial charge in [-0.15, -0.1) is 0 Å². The van der Waals surface area contributed by atoms with Crippen molar-refractivity contribution < 1.29 is 24.1 Å². The third-order valence-electron chi connectivity index (χ3n) is 5.33. The molecule has 0 N–H and O–H groups in total. The number of urea groups is 1. The van der Waals surface area contributed by atoms with Gasteiger partial charge in [0.2, 0.25) is 0 Å². The number of carbonyl (C=O) groups excluding carboxylic acids is 3. The van der Waals surface area contributed by atoms with Crippen LogP contribution in [-0.2, 0) is 19.3 Å². The van der Waals surface area contributed by atoms with Gasteiger partial charge in [0.25, 0.3) is 0 Å². The van der Waals surface area contributed by atoms with Crippen LogP contribution in [0.3, 0.4) is 0 Å². The SMILES string of the molecule is O=C1C=CC(=O)ON(C(=O)N(CCCN2CCCC2)CCCN2CCCC2)O1. The van der Waals surface area contributed by atoms with Crippen LogP contribution in [0.5, 0.6) is 0 Å². The number of carbonyl (C=O) groups is 3. The minimum Gasteiger partial charge on any atom is -0.319 e. The predicted octanol–water partition coefficient (Wildman–Crippen LogP) is 1.17. The van der Waals surface area contributed by atoms with Crippen LogP contribution < -0.4 is 0 Å². The van der Waals surface area contributed by atoms with Crippen molar-refractivity contribution >= 4 is 18.0 Å². The van der Waals surface area contributed by atoms with Crippen LogP contribution in [0.15, 0.2) is 12.2 Å². The molecular weight excluding hydrogens is 364 g/mol. The van der Waals surface area contributed by atoms with Crippen molar-refractivity contribution in [2.45, 2.75) is 38.5 Å². The van der Waals surface area contributed by atoms with E-state index in [2.05, 4.69) is 9.80 Å². The molecule has 0 saturated carbocycles. The van der Waals surface area contributed by atoms with Crippen molar-refractivity contribution in [2.75, 3.05) is 52.4 Å². The fourth-order valence-electron chi connectivity index (χ4n) is 3.86. The Labute approximate surface area is 165 Å². The second kappa shape index (κ2) is 10.4. The zero-order valence-electron chi connectivity index (χ0n) is 16.4. The summed E-state index contributed by atoms with van der Waals surface area (Å²) in [5.41, 5.74) is 0. The summed E-state index contributed by atoms with van der Waals surface area (Å²) in [6, 6.07) is -0.617. The van der Waals surface area contributed by atoms with Crippen LogP contribution in [0.25, 0.3) is 0 Å². The third kappa shape index (κ3) is 6.20. The lowest BCUT2D eigenvalue weighted by Gasteiger charge is -2.28. The normalized spacial score (nSPS) is 20.9. The van der Waals surface area contributed by atoms with Crippen LogP contribution in [0.4, 0.5) is 4.79 Å². The molecule has 0 aromatic heterocycles. The first-order chi connectivity index (χ1) is 13.6. The Morgan fingerprint density at radius 1 is 0.821 bits per heavy atom. The minimum absolute atomic E-state index is 0.413. The van der Waals surface area contributed by atoms with Gasteiger partial charge in [0.1, 0.15) is 0 Å². The Bertz CT molecular complexity index is 543. The molecule has 0 bridgehead atoms. The molecule has 0 aromatic rings. The second-order valence-electron chi connectivity index (χ2n) is 7.49. The maximum Gasteiger partial charge on any atom is 0.391 e. The number of rotatable bonds is 8. The topological polar surface area (TPSA) is 82.6 Å². The Morgan fingerprint density at radius 3 is 1.68 bits per heavy atom. The molecule has 2 fully saturated rings. The standard InChI is InChI=1S/C19H30N4O5/c24-17-7-8-18(25)28-23(27-17)19(26)22(15-5-13-20-9-1-2-10-20)16-6-14-21-11-3-4-12-21/h7-8H,1-6,9-16H2. The van der Waals surface area contributed by atoms with E-state index >= 15 is 0 Å². The lowest BCUT2D eigenvalue weighted by atomic mass is 10.3. The van der Waals surface area contributed by atoms with Gasteiger partial charge < -0.3 is 14.7 Å². The van der Waals surface area contributed by atoms with Gasteiger partial charge in [0.05, 0.1) is 0 Å². The Kier molecular flexibility index (Phi) is 7.67. The molecule has 0 atom stereocenters. The van der Waals surface area contributed by atoms with E-state index in [0.29, 0.717) is 18.3 Å². The molecule has 3 heterocycles. The summed E-state index contributed by atoms with van der Waals surface area (Å²) in [5.74, 6) is -1.62. The number of likely N-dealkylation sites (tertiary alicyclic amines) is 2. The van der Waals surface area contributed by atoms with Gasteiger partial charge in [-0.2, -0.15) is 0 Å². The van der Waals surface area contributed by atoms with Crippen LogP contribution >= 0.6 is 0 Å². The van der Waals surface area contributed by atoms with E-state index in [9.17, 15) is 14.4 Å². The highest BCUT2D eigenvalue weighted by Crippen LogP contribution is 2.12. The highest BCUT2D eigenvalue weighted by molar-refractivity contribution is 5.93. The van der Waals surface area contributed by atoms with Gasteiger partial charge in [0, 0.05) is 30.5 Å². The summed E-state index contributed by atoms with van der Waals surface area (Å²) in [4.78, 5) is 52.1. The van der Waals surface area contributed by atoms with E-state index in [1.807, 2.05) is 0 Å². The van der Waals surface area contributed by atoms with Crippen molar-refractivity contribution in [3.63, 3.8) is 0 Å². The van der Waals surface area contributed by atoms with Crippen LogP contribution in [-0.4, -0.2) is 90.3 Å². The Balaban J connectivity index is 1.53. The number of hydroxylamine groups is 2. The molecule has 2 saturated heterocycles. The summed E-state index contributed by atoms with van der Waals surface area (Å²) >= 11 is 0. The molecule has 28 heavy (non-hydrogen) atoms. The van der Waals surface area contributed by atoms with E-state index in [1.165, 1.54) is 25.7 Å². The largest absolute Gasteiger partial charge is 0.391 e. The summed E-state index contributed by atoms with van der Waals surface area (Å²) < 4.78 is 0. The number of hydrogen-bond donors (Lipinski definition) is 0. The molecule has 3 aliphatic rings. The van der Waals surface area contributed by atoms with Crippen molar-refractivity contribution in [3.8, 4) is 0 Å². The van der Waals surface area contributed by atoms with E-state index in [1.54, 1.807) is 4.90 Å². The van der Waals surface area contributed by atoms with Crippen LogP contribution in [0, 0.1) is 0 Å². The van der Waals surface area contributed by atoms with Gasteiger partial charge in [0.15, 0.2) is 0 Å². The van der Waals surface area contributed by atoms with Gasteiger partial charge in [-0.25, -0.2) is 14.4 Å². The lowest BCUT2D eigenvalue weighted by Crippen LogP contribution is -2.46. The summed E-state index contributed by atoms with van der Waals surface area (Å²) in [6.07, 6.45) is 8.45. The van der Waals surface area contributed by atoms with E-state index in [4.69, 9.17) is 9.68 Å². The monoisotopic (exact) mass is 394 g/mol. The smallest absolute Gasteiger partial charge is 0.319 e. The molecule has 2 amide bonds. The molecule has 0 aromatic carbocycles. The molecule has 0 radical (unpaired) electrons. The van der Waals surface area contributed by atoms with E-state index in [0.717, 1.165) is 64.3 Å². The highest BCUT2D eigenvalue weighted by atomic mass is 17.0. The second-order valence-corrected chi connectivity index (χ2v) is 7.49. The Morgan fingerprint density at radius 2 is 1.25 bits per heavy atom. The molecule has 0 aliphatic carbocycles. The first-order valence-electron chi connectivity index (χ1n) is 10.3. The molecule has 3 rings (SSSR count). The molecule has 9 nitrogen and oxygen atoms in total. The average Bonchev–Trinajstić information content (AvgIpc) is 3.35. The first kappa shape index (κ1) is 20.6. The van der Waals surface area contributed by atoms with Crippen LogP contribution in [0.1, 0.15) is 38.5 Å². The fourth-order valence-corrected chi connectivity index (χ4v) is 3.86. The molecule has 3 aliphatic heterocycles. The summed E-state index contributed by atoms with van der Waals surface area (Å²) in [5, 5.41) is 0.413. The minimum atomic E-state index is -0.812. The summed E-state index contributed by atoms with van der Waals surface area (Å²) in [6.45, 7) is 7.33. The third-order valence-corrected chi connectivity index (χ3v) is 5.33. The maximum atomic E-state index is 12.8. The molecular formula is C19H30N4O5. The van der Waals surface area contributed by atoms with Crippen molar-refractivity contribution in [1.82, 2.24) is 19.9 Å². The average molecular weight is 394 g/mol. The van der Waals surface area contributed by atoms with Crippen LogP contribution in [0.2, 0.25) is 0 Å². The van der Waals surface area contributed by atoms with E-state index in [-0.39, 0.29) is 0 Å². The van der Waals surface area contributed by atoms with Gasteiger partial charge >= 0.3 is 18.0 Å². The molecule has 0 unspecified atom stereocenters. The zero-order valence-corrected chi connectivity index (χ0v) is 16.4. The number of amides is 2. The van der Waals surface area contributed by atoms with Crippen molar-refractivity contribution in [2.24, 2.45) is 0 Å². The first-order valence-corrected chi connectivity index (χ1v) is 10.3. The zero-order chi connectivity index (χ0) is 19.8. The van der Waals surface area contributed by atoms with Crippen molar-refractivity contribution in [3.05, 3.63) is 12.2 Å². The quantitative estimate of drug-likeness (QED) is 0.611. The molecule has 9 heteroatoms. The fraction of sp³-hybridized carbons (Fsp3) is 0.737. The molecule has 156 valence electrons. The maximum absolute atomic E-state index is 12.8. The highest BCUT2D eigenvalue weighted by Gasteiger charge is 2.30. The van der Waals surface area contributed by atoms with Gasteiger partial charge in [-0.1, -0.05) is 0 Å². The van der Waals surface area contributed by atoms with Crippen molar-refractivity contribution in [1.29, 1.82) is 0 Å². The molecule has 0 spiro atoms. The van der Waals surface area contributed by atoms with Gasteiger partial charge in [-0.05, 0) is 77.8 Å².